The van der Waals surface area contributed by atoms with Gasteiger partial charge in [-0.15, -0.1) is 0 Å². The van der Waals surface area contributed by atoms with Crippen molar-refractivity contribution in [1.29, 1.82) is 0 Å². The first kappa shape index (κ1) is 8.72. The highest BCUT2D eigenvalue weighted by atomic mass is 16.6. The van der Waals surface area contributed by atoms with E-state index in [1.54, 1.807) is 0 Å². The number of aldehydes is 1. The van der Waals surface area contributed by atoms with Gasteiger partial charge in [0.05, 0.1) is 12.2 Å². The average molecular weight is 156 g/mol. The normalized spacial score (nSPS) is 28.5. The van der Waals surface area contributed by atoms with Gasteiger partial charge < -0.3 is 9.53 Å². The van der Waals surface area contributed by atoms with Crippen LogP contribution in [0.1, 0.15) is 39.0 Å². The van der Waals surface area contributed by atoms with Crippen LogP contribution in [0.2, 0.25) is 0 Å². The lowest BCUT2D eigenvalue weighted by Crippen LogP contribution is -1.92. The number of rotatable bonds is 6. The molecule has 2 nitrogen and oxygen atoms in total. The van der Waals surface area contributed by atoms with Crippen LogP contribution >= 0.6 is 0 Å². The Bertz CT molecular complexity index is 123. The summed E-state index contributed by atoms with van der Waals surface area (Å²) in [7, 11) is 0. The Morgan fingerprint density at radius 2 is 2.18 bits per heavy atom. The van der Waals surface area contributed by atoms with Crippen molar-refractivity contribution in [2.24, 2.45) is 0 Å². The fraction of sp³-hybridized carbons (Fsp3) is 0.889. The summed E-state index contributed by atoms with van der Waals surface area (Å²) in [6, 6.07) is 0. The Hall–Kier alpha value is -0.370. The zero-order valence-electron chi connectivity index (χ0n) is 7.08. The van der Waals surface area contributed by atoms with Crippen LogP contribution < -0.4 is 0 Å². The first-order valence-electron chi connectivity index (χ1n) is 4.47. The molecule has 0 bridgehead atoms. The first-order chi connectivity index (χ1) is 5.38. The minimum atomic E-state index is 0.520. The van der Waals surface area contributed by atoms with Crippen LogP contribution in [0.25, 0.3) is 0 Å². The molecule has 2 atom stereocenters. The van der Waals surface area contributed by atoms with Gasteiger partial charge >= 0.3 is 0 Å². The number of carbonyl (C=O) groups is 1. The Labute approximate surface area is 67.9 Å². The van der Waals surface area contributed by atoms with E-state index in [-0.39, 0.29) is 0 Å². The molecule has 0 spiro atoms. The molecule has 0 N–H and O–H groups in total. The number of epoxide rings is 1. The second-order valence-corrected chi connectivity index (χ2v) is 3.07. The van der Waals surface area contributed by atoms with Gasteiger partial charge in [0.1, 0.15) is 6.29 Å². The summed E-state index contributed by atoms with van der Waals surface area (Å²) in [6.07, 6.45) is 7.21. The molecule has 1 heterocycles. The summed E-state index contributed by atoms with van der Waals surface area (Å²) in [5, 5.41) is 0. The van der Waals surface area contributed by atoms with Crippen LogP contribution in [0, 0.1) is 0 Å². The van der Waals surface area contributed by atoms with Gasteiger partial charge in [0.15, 0.2) is 0 Å². The zero-order chi connectivity index (χ0) is 8.10. The van der Waals surface area contributed by atoms with Crippen LogP contribution in [-0.2, 0) is 9.53 Å². The van der Waals surface area contributed by atoms with Crippen LogP contribution in [0.15, 0.2) is 0 Å². The minimum absolute atomic E-state index is 0.520. The molecule has 1 aliphatic heterocycles. The molecular weight excluding hydrogens is 140 g/mol. The molecule has 64 valence electrons. The molecule has 1 fully saturated rings. The SMILES string of the molecule is CCC1OC1CCCCC=O. The minimum Gasteiger partial charge on any atom is -0.370 e. The average Bonchev–Trinajstić information content (AvgIpc) is 2.77. The van der Waals surface area contributed by atoms with Crippen molar-refractivity contribution in [3.05, 3.63) is 0 Å². The van der Waals surface area contributed by atoms with Crippen molar-refractivity contribution < 1.29 is 9.53 Å². The number of hydrogen-bond acceptors (Lipinski definition) is 2. The van der Waals surface area contributed by atoms with E-state index in [0.29, 0.717) is 18.6 Å². The number of carbonyl (C=O) groups excluding carboxylic acids is 1. The molecule has 2 unspecified atom stereocenters. The lowest BCUT2D eigenvalue weighted by Gasteiger charge is -1.92. The van der Waals surface area contributed by atoms with Gasteiger partial charge in [-0.2, -0.15) is 0 Å². The Morgan fingerprint density at radius 3 is 2.73 bits per heavy atom. The van der Waals surface area contributed by atoms with E-state index >= 15 is 0 Å². The lowest BCUT2D eigenvalue weighted by molar-refractivity contribution is -0.107. The summed E-state index contributed by atoms with van der Waals surface area (Å²) in [5.74, 6) is 0. The molecule has 1 saturated heterocycles. The number of ether oxygens (including phenoxy) is 1. The molecule has 0 aliphatic carbocycles. The highest BCUT2D eigenvalue weighted by Gasteiger charge is 2.35. The maximum Gasteiger partial charge on any atom is 0.119 e. The van der Waals surface area contributed by atoms with E-state index in [1.165, 1.54) is 0 Å². The van der Waals surface area contributed by atoms with E-state index in [9.17, 15) is 4.79 Å². The highest BCUT2D eigenvalue weighted by molar-refractivity contribution is 5.48. The molecule has 0 aromatic heterocycles. The molecule has 0 radical (unpaired) electrons. The van der Waals surface area contributed by atoms with Crippen LogP contribution in [0.3, 0.4) is 0 Å². The second kappa shape index (κ2) is 4.50. The van der Waals surface area contributed by atoms with E-state index in [4.69, 9.17) is 4.74 Å². The van der Waals surface area contributed by atoms with Crippen molar-refractivity contribution in [2.45, 2.75) is 51.2 Å². The fourth-order valence-electron chi connectivity index (χ4n) is 1.37. The summed E-state index contributed by atoms with van der Waals surface area (Å²) < 4.78 is 5.36. The van der Waals surface area contributed by atoms with E-state index in [0.717, 1.165) is 32.0 Å². The topological polar surface area (TPSA) is 29.6 Å². The molecule has 0 aromatic carbocycles. The van der Waals surface area contributed by atoms with Gasteiger partial charge in [-0.1, -0.05) is 13.3 Å². The molecule has 1 rings (SSSR count). The zero-order valence-corrected chi connectivity index (χ0v) is 7.08. The van der Waals surface area contributed by atoms with Crippen molar-refractivity contribution in [2.75, 3.05) is 0 Å². The molecule has 1 aliphatic rings. The van der Waals surface area contributed by atoms with Gasteiger partial charge in [0.25, 0.3) is 0 Å². The molecular formula is C9H16O2. The van der Waals surface area contributed by atoms with Crippen molar-refractivity contribution in [3.8, 4) is 0 Å². The van der Waals surface area contributed by atoms with Crippen LogP contribution in [0.4, 0.5) is 0 Å². The summed E-state index contributed by atoms with van der Waals surface area (Å²) in [4.78, 5) is 9.95. The van der Waals surface area contributed by atoms with Crippen molar-refractivity contribution >= 4 is 6.29 Å². The third kappa shape index (κ3) is 3.02. The number of unbranched alkanes of at least 4 members (excludes halogenated alkanes) is 2. The van der Waals surface area contributed by atoms with Gasteiger partial charge in [-0.25, -0.2) is 0 Å². The van der Waals surface area contributed by atoms with Crippen molar-refractivity contribution in [1.82, 2.24) is 0 Å². The Kier molecular flexibility index (Phi) is 3.57. The molecule has 0 amide bonds. The standard InChI is InChI=1S/C9H16O2/c1-2-8-9(11-8)6-4-3-5-7-10/h7-9H,2-6H2,1H3. The maximum atomic E-state index is 9.95. The molecule has 11 heavy (non-hydrogen) atoms. The van der Waals surface area contributed by atoms with Gasteiger partial charge in [0, 0.05) is 6.42 Å². The predicted octanol–water partition coefficient (Wildman–Crippen LogP) is 1.92. The predicted molar refractivity (Wildman–Crippen MR) is 43.5 cm³/mol. The van der Waals surface area contributed by atoms with Gasteiger partial charge in [0.2, 0.25) is 0 Å². The fourth-order valence-corrected chi connectivity index (χ4v) is 1.37. The van der Waals surface area contributed by atoms with Crippen molar-refractivity contribution in [3.63, 3.8) is 0 Å². The first-order valence-corrected chi connectivity index (χ1v) is 4.47. The van der Waals surface area contributed by atoms with Crippen LogP contribution in [-0.4, -0.2) is 18.5 Å². The Morgan fingerprint density at radius 1 is 1.36 bits per heavy atom. The molecule has 0 saturated carbocycles. The highest BCUT2D eigenvalue weighted by Crippen LogP contribution is 2.29. The smallest absolute Gasteiger partial charge is 0.119 e. The third-order valence-corrected chi connectivity index (χ3v) is 2.15. The number of hydrogen-bond donors (Lipinski definition) is 0. The Balaban J connectivity index is 1.85. The summed E-state index contributed by atoms with van der Waals surface area (Å²) in [6.45, 7) is 2.15. The third-order valence-electron chi connectivity index (χ3n) is 2.15. The maximum absolute atomic E-state index is 9.95. The van der Waals surface area contributed by atoms with Gasteiger partial charge in [-0.3, -0.25) is 0 Å². The van der Waals surface area contributed by atoms with E-state index in [1.807, 2.05) is 0 Å². The summed E-state index contributed by atoms with van der Waals surface area (Å²) >= 11 is 0. The lowest BCUT2D eigenvalue weighted by atomic mass is 10.1. The largest absolute Gasteiger partial charge is 0.370 e. The monoisotopic (exact) mass is 156 g/mol. The summed E-state index contributed by atoms with van der Waals surface area (Å²) in [5.41, 5.74) is 0. The molecule has 0 aromatic rings. The second-order valence-electron chi connectivity index (χ2n) is 3.07. The quantitative estimate of drug-likeness (QED) is 0.334. The molecule has 2 heteroatoms. The van der Waals surface area contributed by atoms with Gasteiger partial charge in [-0.05, 0) is 19.3 Å². The van der Waals surface area contributed by atoms with E-state index in [2.05, 4.69) is 6.92 Å². The van der Waals surface area contributed by atoms with Crippen LogP contribution in [0.5, 0.6) is 0 Å². The van der Waals surface area contributed by atoms with E-state index < -0.39 is 0 Å².